The zero-order valence-electron chi connectivity index (χ0n) is 5.75. The summed E-state index contributed by atoms with van der Waals surface area (Å²) in [6.07, 6.45) is -3.30. The molecular weight excluding hydrogens is 213 g/mol. The fourth-order valence-electron chi connectivity index (χ4n) is 0.441. The lowest BCUT2D eigenvalue weighted by Gasteiger charge is -1.97. The molecule has 3 nitrogen and oxygen atoms in total. The Hall–Kier alpha value is -0.500. The highest BCUT2D eigenvalue weighted by molar-refractivity contribution is 7.86. The van der Waals surface area contributed by atoms with Crippen LogP contribution in [0.2, 0.25) is 0 Å². The Morgan fingerprint density at radius 1 is 1.50 bits per heavy atom. The molecule has 0 aliphatic carbocycles. The van der Waals surface area contributed by atoms with Gasteiger partial charge in [0.15, 0.2) is 0 Å². The maximum absolute atomic E-state index is 11.8. The molecule has 0 saturated heterocycles. The van der Waals surface area contributed by atoms with E-state index in [9.17, 15) is 17.4 Å². The Morgan fingerprint density at radius 3 is 2.33 bits per heavy atom. The molecule has 1 rings (SSSR count). The number of hydrogen-bond donors (Lipinski definition) is 0. The quantitative estimate of drug-likeness (QED) is 0.710. The van der Waals surface area contributed by atoms with E-state index < -0.39 is 22.8 Å². The van der Waals surface area contributed by atoms with Crippen molar-refractivity contribution < 1.29 is 17.4 Å². The molecule has 8 heteroatoms. The second kappa shape index (κ2) is 3.09. The van der Waals surface area contributed by atoms with Gasteiger partial charge in [-0.1, -0.05) is 0 Å². The Balaban J connectivity index is 3.00. The van der Waals surface area contributed by atoms with Crippen LogP contribution in [0.1, 0.15) is 5.82 Å². The summed E-state index contributed by atoms with van der Waals surface area (Å²) < 4.78 is 49.1. The second-order valence-electron chi connectivity index (χ2n) is 1.84. The first-order chi connectivity index (χ1) is 5.41. The largest absolute Gasteiger partial charge is 0.452 e. The summed E-state index contributed by atoms with van der Waals surface area (Å²) in [5.74, 6) is -1.22. The fourth-order valence-corrected chi connectivity index (χ4v) is 1.62. The van der Waals surface area contributed by atoms with E-state index in [2.05, 4.69) is 9.36 Å². The molecular formula is C4H3F3N2OS2. The molecule has 0 bridgehead atoms. The fraction of sp³-hybridized carbons (Fsp3) is 0.500. The highest BCUT2D eigenvalue weighted by Crippen LogP contribution is 2.27. The van der Waals surface area contributed by atoms with Crippen molar-refractivity contribution >= 4 is 22.3 Å². The van der Waals surface area contributed by atoms with Gasteiger partial charge in [-0.15, -0.1) is 0 Å². The second-order valence-corrected chi connectivity index (χ2v) is 4.14. The minimum Gasteiger partial charge on any atom is -0.252 e. The monoisotopic (exact) mass is 216 g/mol. The van der Waals surface area contributed by atoms with Crippen LogP contribution in [0.3, 0.4) is 0 Å². The number of aromatic nitrogens is 2. The number of rotatable bonds is 1. The summed E-state index contributed by atoms with van der Waals surface area (Å²) in [5, 5.41) is 0. The van der Waals surface area contributed by atoms with Gasteiger partial charge in [0.25, 0.3) is 0 Å². The van der Waals surface area contributed by atoms with Crippen molar-refractivity contribution in [3.05, 3.63) is 5.82 Å². The summed E-state index contributed by atoms with van der Waals surface area (Å²) in [5.41, 5.74) is 0. The summed E-state index contributed by atoms with van der Waals surface area (Å²) in [7, 11) is -1.50. The topological polar surface area (TPSA) is 42.9 Å². The zero-order valence-corrected chi connectivity index (χ0v) is 7.39. The van der Waals surface area contributed by atoms with Crippen molar-refractivity contribution in [3.8, 4) is 0 Å². The van der Waals surface area contributed by atoms with Crippen LogP contribution in [0.15, 0.2) is 4.34 Å². The van der Waals surface area contributed by atoms with Gasteiger partial charge in [0, 0.05) is 6.26 Å². The van der Waals surface area contributed by atoms with E-state index in [0.29, 0.717) is 11.5 Å². The van der Waals surface area contributed by atoms with Gasteiger partial charge in [0.05, 0.1) is 10.8 Å². The van der Waals surface area contributed by atoms with Gasteiger partial charge in [-0.05, 0) is 11.5 Å². The van der Waals surface area contributed by atoms with E-state index in [-0.39, 0.29) is 4.34 Å². The highest BCUT2D eigenvalue weighted by Gasteiger charge is 2.36. The first-order valence-corrected chi connectivity index (χ1v) is 4.98. The molecule has 0 radical (unpaired) electrons. The number of hydrogen-bond acceptors (Lipinski definition) is 4. The van der Waals surface area contributed by atoms with Gasteiger partial charge >= 0.3 is 6.18 Å². The van der Waals surface area contributed by atoms with E-state index in [0.717, 1.165) is 0 Å². The number of halogens is 3. The predicted molar refractivity (Wildman–Crippen MR) is 37.2 cm³/mol. The molecule has 1 unspecified atom stereocenters. The Kier molecular flexibility index (Phi) is 2.47. The lowest BCUT2D eigenvalue weighted by molar-refractivity contribution is -0.144. The van der Waals surface area contributed by atoms with Crippen LogP contribution in [0, 0.1) is 0 Å². The standard InChI is InChI=1S/C4H3F3N2OS2/c1-12(10)3-8-2(9-11-3)4(5,6)7/h1H3. The summed E-state index contributed by atoms with van der Waals surface area (Å²) in [6.45, 7) is 0. The van der Waals surface area contributed by atoms with E-state index in [1.807, 2.05) is 0 Å². The SMILES string of the molecule is CS(=O)c1nc(C(F)(F)F)ns1. The van der Waals surface area contributed by atoms with Crippen LogP contribution >= 0.6 is 11.5 Å². The minimum absolute atomic E-state index is 0.109. The van der Waals surface area contributed by atoms with Crippen molar-refractivity contribution in [3.63, 3.8) is 0 Å². The molecule has 0 aliphatic rings. The van der Waals surface area contributed by atoms with Crippen LogP contribution in [-0.4, -0.2) is 19.8 Å². The Labute approximate surface area is 72.3 Å². The van der Waals surface area contributed by atoms with Gasteiger partial charge in [0.1, 0.15) is 0 Å². The number of nitrogens with zero attached hydrogens (tertiary/aromatic N) is 2. The molecule has 0 spiro atoms. The third kappa shape index (κ3) is 2.01. The molecule has 12 heavy (non-hydrogen) atoms. The molecule has 1 aromatic heterocycles. The van der Waals surface area contributed by atoms with E-state index in [1.54, 1.807) is 0 Å². The van der Waals surface area contributed by atoms with Crippen LogP contribution < -0.4 is 0 Å². The average Bonchev–Trinajstić information content (AvgIpc) is 2.30. The maximum Gasteiger partial charge on any atom is 0.452 e. The minimum atomic E-state index is -4.55. The number of alkyl halides is 3. The van der Waals surface area contributed by atoms with Crippen molar-refractivity contribution in [2.45, 2.75) is 10.5 Å². The lowest BCUT2D eigenvalue weighted by Crippen LogP contribution is -2.07. The third-order valence-electron chi connectivity index (χ3n) is 0.907. The van der Waals surface area contributed by atoms with Gasteiger partial charge in [0.2, 0.25) is 10.2 Å². The van der Waals surface area contributed by atoms with Gasteiger partial charge in [-0.3, -0.25) is 4.21 Å². The molecule has 0 amide bonds. The summed E-state index contributed by atoms with van der Waals surface area (Å²) in [4.78, 5) is 3.06. The van der Waals surface area contributed by atoms with Crippen LogP contribution in [-0.2, 0) is 17.0 Å². The van der Waals surface area contributed by atoms with E-state index in [1.165, 1.54) is 6.26 Å². The van der Waals surface area contributed by atoms with Crippen LogP contribution in [0.4, 0.5) is 13.2 Å². The molecule has 1 heterocycles. The summed E-state index contributed by atoms with van der Waals surface area (Å²) in [6, 6.07) is 0. The first-order valence-electron chi connectivity index (χ1n) is 2.65. The maximum atomic E-state index is 11.8. The third-order valence-corrected chi connectivity index (χ3v) is 2.93. The molecule has 1 aromatic rings. The summed E-state index contributed by atoms with van der Waals surface area (Å²) >= 11 is 0.503. The predicted octanol–water partition coefficient (Wildman–Crippen LogP) is 1.29. The van der Waals surface area contributed by atoms with Crippen molar-refractivity contribution in [2.24, 2.45) is 0 Å². The van der Waals surface area contributed by atoms with Crippen LogP contribution in [0.25, 0.3) is 0 Å². The van der Waals surface area contributed by atoms with Crippen molar-refractivity contribution in [1.82, 2.24) is 9.36 Å². The molecule has 0 N–H and O–H groups in total. The molecule has 0 aliphatic heterocycles. The molecule has 0 aromatic carbocycles. The van der Waals surface area contributed by atoms with E-state index >= 15 is 0 Å². The van der Waals surface area contributed by atoms with Gasteiger partial charge < -0.3 is 0 Å². The zero-order chi connectivity index (χ0) is 9.35. The lowest BCUT2D eigenvalue weighted by atomic mass is 10.6. The average molecular weight is 216 g/mol. The molecule has 0 saturated carbocycles. The normalized spacial score (nSPS) is 14.7. The Morgan fingerprint density at radius 2 is 2.08 bits per heavy atom. The van der Waals surface area contributed by atoms with Gasteiger partial charge in [-0.2, -0.15) is 17.5 Å². The Bertz CT molecular complexity index is 307. The smallest absolute Gasteiger partial charge is 0.252 e. The molecule has 0 fully saturated rings. The highest BCUT2D eigenvalue weighted by atomic mass is 32.2. The van der Waals surface area contributed by atoms with E-state index in [4.69, 9.17) is 0 Å². The first kappa shape index (κ1) is 9.59. The molecule has 68 valence electrons. The van der Waals surface area contributed by atoms with Crippen molar-refractivity contribution in [1.29, 1.82) is 0 Å². The van der Waals surface area contributed by atoms with Crippen LogP contribution in [0.5, 0.6) is 0 Å². The molecule has 1 atom stereocenters. The van der Waals surface area contributed by atoms with Gasteiger partial charge in [-0.25, -0.2) is 4.98 Å². The van der Waals surface area contributed by atoms with Crippen molar-refractivity contribution in [2.75, 3.05) is 6.26 Å².